The number of hydrazone groups is 1. The highest BCUT2D eigenvalue weighted by atomic mass is 16.7. The van der Waals surface area contributed by atoms with Gasteiger partial charge in [0.2, 0.25) is 0 Å². The van der Waals surface area contributed by atoms with Gasteiger partial charge in [0.15, 0.2) is 28.0 Å². The number of benzene rings is 2. The third-order valence-electron chi connectivity index (χ3n) is 5.36. The topological polar surface area (TPSA) is 122 Å². The largest absolute Gasteiger partial charge is 0.493 e. The highest BCUT2D eigenvalue weighted by Crippen LogP contribution is 2.40. The summed E-state index contributed by atoms with van der Waals surface area (Å²) < 4.78 is 21.6. The third kappa shape index (κ3) is 4.57. The molecule has 0 saturated heterocycles. The number of ether oxygens (including phenoxy) is 4. The van der Waals surface area contributed by atoms with Gasteiger partial charge < -0.3 is 29.6 Å². The maximum Gasteiger partial charge on any atom is 0.269 e. The summed E-state index contributed by atoms with van der Waals surface area (Å²) in [5.41, 5.74) is 8.97. The molecule has 0 fully saturated rings. The van der Waals surface area contributed by atoms with Gasteiger partial charge >= 0.3 is 0 Å². The second kappa shape index (κ2) is 9.41. The van der Waals surface area contributed by atoms with E-state index in [4.69, 9.17) is 24.7 Å². The number of rotatable bonds is 7. The minimum absolute atomic E-state index is 0.143. The normalized spacial score (nSPS) is 15.8. The Morgan fingerprint density at radius 1 is 1.06 bits per heavy atom. The molecule has 1 aliphatic heterocycles. The number of nitrogens with two attached hydrogens (primary N) is 1. The predicted molar refractivity (Wildman–Crippen MR) is 115 cm³/mol. The average molecular weight is 430 g/mol. The van der Waals surface area contributed by atoms with Gasteiger partial charge in [-0.1, -0.05) is 6.07 Å². The summed E-state index contributed by atoms with van der Waals surface area (Å²) in [6.45, 7) is 0.476. The molecule has 0 saturated carbocycles. The van der Waals surface area contributed by atoms with Crippen LogP contribution in [-0.2, 0) is 12.8 Å². The summed E-state index contributed by atoms with van der Waals surface area (Å²) in [5, 5.41) is 13.5. The van der Waals surface area contributed by atoms with Gasteiger partial charge in [-0.2, -0.15) is 0 Å². The lowest BCUT2D eigenvalue weighted by Crippen LogP contribution is -2.45. The molecule has 0 bridgehead atoms. The number of fused-ring (bicyclic) bond motifs is 1. The summed E-state index contributed by atoms with van der Waals surface area (Å²) in [6, 6.07) is 9.16. The van der Waals surface area contributed by atoms with Crippen LogP contribution in [0.2, 0.25) is 0 Å². The van der Waals surface area contributed by atoms with E-state index in [-0.39, 0.29) is 12.0 Å². The van der Waals surface area contributed by atoms with E-state index in [2.05, 4.69) is 5.10 Å². The quantitative estimate of drug-likeness (QED) is 0.307. The number of nitrogens with zero attached hydrogens (tertiary/aromatic N) is 3. The maximum atomic E-state index is 10.9. The van der Waals surface area contributed by atoms with Crippen LogP contribution in [0.15, 0.2) is 35.4 Å². The minimum atomic E-state index is -0.785. The molecule has 0 radical (unpaired) electrons. The number of methoxy groups -OCH3 is 4. The van der Waals surface area contributed by atoms with Gasteiger partial charge in [-0.05, 0) is 53.8 Å². The number of hydrogen-bond acceptors (Lipinski definition) is 6. The lowest BCUT2D eigenvalue weighted by molar-refractivity contribution is -0.485. The number of guanidine groups is 1. The van der Waals surface area contributed by atoms with Crippen molar-refractivity contribution in [3.05, 3.63) is 57.1 Å². The Bertz CT molecular complexity index is 994. The molecule has 2 N–H and O–H groups in total. The first-order chi connectivity index (χ1) is 14.9. The van der Waals surface area contributed by atoms with Crippen LogP contribution in [0.4, 0.5) is 0 Å². The molecule has 0 amide bonds. The van der Waals surface area contributed by atoms with Crippen LogP contribution >= 0.6 is 0 Å². The Morgan fingerprint density at radius 3 is 2.29 bits per heavy atom. The average Bonchev–Trinajstić information content (AvgIpc) is 2.77. The molecule has 1 aliphatic rings. The number of hydrogen-bond donors (Lipinski definition) is 1. The van der Waals surface area contributed by atoms with Crippen molar-refractivity contribution < 1.29 is 24.0 Å². The highest BCUT2D eigenvalue weighted by molar-refractivity contribution is 5.78. The molecule has 0 aromatic heterocycles. The van der Waals surface area contributed by atoms with E-state index in [0.29, 0.717) is 42.4 Å². The molecule has 2 aromatic carbocycles. The first-order valence-electron chi connectivity index (χ1n) is 9.62. The van der Waals surface area contributed by atoms with Crippen molar-refractivity contribution >= 4 is 5.96 Å². The van der Waals surface area contributed by atoms with Gasteiger partial charge in [-0.3, -0.25) is 0 Å². The van der Waals surface area contributed by atoms with E-state index in [1.807, 2.05) is 30.3 Å². The van der Waals surface area contributed by atoms with Crippen molar-refractivity contribution in [2.45, 2.75) is 18.9 Å². The fourth-order valence-electron chi connectivity index (χ4n) is 3.89. The van der Waals surface area contributed by atoms with Crippen LogP contribution in [0.1, 0.15) is 22.7 Å². The Morgan fingerprint density at radius 2 is 1.68 bits per heavy atom. The summed E-state index contributed by atoms with van der Waals surface area (Å²) in [6.07, 6.45) is 1.14. The van der Waals surface area contributed by atoms with Crippen LogP contribution < -0.4 is 24.7 Å². The van der Waals surface area contributed by atoms with E-state index in [1.165, 1.54) is 0 Å². The van der Waals surface area contributed by atoms with Crippen molar-refractivity contribution in [1.82, 2.24) is 4.90 Å². The second-order valence-electron chi connectivity index (χ2n) is 6.95. The predicted octanol–water partition coefficient (Wildman–Crippen LogP) is 2.37. The molecule has 1 unspecified atom stereocenters. The van der Waals surface area contributed by atoms with Gasteiger partial charge in [0, 0.05) is 6.54 Å². The second-order valence-corrected chi connectivity index (χ2v) is 6.95. The van der Waals surface area contributed by atoms with E-state index in [1.54, 1.807) is 33.3 Å². The monoisotopic (exact) mass is 430 g/mol. The van der Waals surface area contributed by atoms with Crippen molar-refractivity contribution in [3.8, 4) is 23.0 Å². The molecule has 0 spiro atoms. The van der Waals surface area contributed by atoms with Crippen molar-refractivity contribution in [2.75, 3.05) is 35.0 Å². The molecule has 0 aliphatic carbocycles. The zero-order valence-electron chi connectivity index (χ0n) is 18.0. The highest BCUT2D eigenvalue weighted by Gasteiger charge is 2.32. The number of nitro groups is 1. The van der Waals surface area contributed by atoms with Crippen molar-refractivity contribution in [2.24, 2.45) is 10.8 Å². The molecule has 10 heteroatoms. The Hall–Kier alpha value is -3.69. The van der Waals surface area contributed by atoms with E-state index < -0.39 is 5.03 Å². The molecular weight excluding hydrogens is 404 g/mol. The molecular formula is C21H26N4O6. The smallest absolute Gasteiger partial charge is 0.269 e. The Balaban J connectivity index is 2.08. The van der Waals surface area contributed by atoms with E-state index in [0.717, 1.165) is 16.7 Å². The van der Waals surface area contributed by atoms with Crippen LogP contribution in [0.5, 0.6) is 23.0 Å². The van der Waals surface area contributed by atoms with Gasteiger partial charge in [0.05, 0.1) is 34.5 Å². The van der Waals surface area contributed by atoms with Gasteiger partial charge in [-0.25, -0.2) is 10.1 Å². The minimum Gasteiger partial charge on any atom is -0.493 e. The Kier molecular flexibility index (Phi) is 6.68. The fraction of sp³-hybridized carbons (Fsp3) is 0.381. The van der Waals surface area contributed by atoms with E-state index in [9.17, 15) is 10.1 Å². The third-order valence-corrected chi connectivity index (χ3v) is 5.36. The van der Waals surface area contributed by atoms with Crippen LogP contribution in [0.3, 0.4) is 0 Å². The molecule has 10 nitrogen and oxygen atoms in total. The molecule has 31 heavy (non-hydrogen) atoms. The van der Waals surface area contributed by atoms with Gasteiger partial charge in [0.1, 0.15) is 5.10 Å². The maximum absolute atomic E-state index is 10.9. The van der Waals surface area contributed by atoms with E-state index >= 15 is 0 Å². The first kappa shape index (κ1) is 22.0. The van der Waals surface area contributed by atoms with Crippen LogP contribution in [0, 0.1) is 10.1 Å². The molecule has 3 rings (SSSR count). The van der Waals surface area contributed by atoms with Crippen molar-refractivity contribution in [3.63, 3.8) is 0 Å². The molecule has 2 aromatic rings. The summed E-state index contributed by atoms with van der Waals surface area (Å²) >= 11 is 0. The first-order valence-corrected chi connectivity index (χ1v) is 9.62. The molecule has 1 atom stereocenters. The van der Waals surface area contributed by atoms with Gasteiger partial charge in [0.25, 0.3) is 5.96 Å². The van der Waals surface area contributed by atoms with Crippen molar-refractivity contribution in [1.29, 1.82) is 0 Å². The summed E-state index contributed by atoms with van der Waals surface area (Å²) in [4.78, 5) is 12.7. The summed E-state index contributed by atoms with van der Waals surface area (Å²) in [7, 11) is 6.30. The zero-order chi connectivity index (χ0) is 22.5. The Labute approximate surface area is 180 Å². The lowest BCUT2D eigenvalue weighted by atomic mass is 9.88. The van der Waals surface area contributed by atoms with Gasteiger partial charge in [-0.15, -0.1) is 0 Å². The summed E-state index contributed by atoms with van der Waals surface area (Å²) in [5.74, 6) is 2.28. The lowest BCUT2D eigenvalue weighted by Gasteiger charge is -2.37. The van der Waals surface area contributed by atoms with Crippen LogP contribution in [0.25, 0.3) is 0 Å². The molecule has 166 valence electrons. The van der Waals surface area contributed by atoms with Crippen LogP contribution in [-0.4, -0.2) is 50.9 Å². The standard InChI is InChI=1S/C21H26N4O6/c1-28-17-6-5-13(10-18(17)29-2)9-16-15-12-20(31-4)19(30-3)11-14(15)7-8-24(16)21(22)23-25(26)27/h5-6,10-12,16H,7-9H2,1-4H3,(H2,22,23). The SMILES string of the molecule is COc1ccc(CC2c3cc(OC)c(OC)cc3CCN2/C(N)=N/[N+](=O)[O-])cc1OC. The zero-order valence-corrected chi connectivity index (χ0v) is 18.0. The molecule has 1 heterocycles. The fourth-order valence-corrected chi connectivity index (χ4v) is 3.89.